The molecule has 0 aliphatic rings. The average Bonchev–Trinajstić information content (AvgIpc) is 2.51. The van der Waals surface area contributed by atoms with E-state index < -0.39 is 53.5 Å². The van der Waals surface area contributed by atoms with Crippen molar-refractivity contribution in [3.05, 3.63) is 35.4 Å². The monoisotopic (exact) mass is 367 g/mol. The molecule has 0 saturated carbocycles. The third-order valence-corrected chi connectivity index (χ3v) is 3.06. The van der Waals surface area contributed by atoms with E-state index in [4.69, 9.17) is 5.73 Å². The second-order valence-electron chi connectivity index (χ2n) is 5.03. The Morgan fingerprint density at radius 1 is 1.16 bits per heavy atom. The van der Waals surface area contributed by atoms with Crippen molar-refractivity contribution >= 4 is 17.7 Å². The van der Waals surface area contributed by atoms with E-state index in [9.17, 15) is 36.3 Å². The summed E-state index contributed by atoms with van der Waals surface area (Å²) in [4.78, 5) is 34.0. The van der Waals surface area contributed by atoms with Crippen LogP contribution in [0.3, 0.4) is 0 Å². The molecular weight excluding hydrogens is 353 g/mol. The van der Waals surface area contributed by atoms with Crippen LogP contribution in [0.25, 0.3) is 0 Å². The number of hydrogen-bond donors (Lipinski definition) is 3. The third-order valence-electron chi connectivity index (χ3n) is 3.06. The van der Waals surface area contributed by atoms with Crippen LogP contribution in [0, 0.1) is 0 Å². The summed E-state index contributed by atoms with van der Waals surface area (Å²) in [5.74, 6) is -7.78. The van der Waals surface area contributed by atoms with E-state index in [0.717, 1.165) is 12.1 Å². The molecule has 0 aliphatic heterocycles. The van der Waals surface area contributed by atoms with E-state index in [1.54, 1.807) is 0 Å². The van der Waals surface area contributed by atoms with E-state index in [1.165, 1.54) is 6.92 Å². The minimum atomic E-state index is -5.81. The minimum Gasteiger partial charge on any atom is -0.368 e. The van der Waals surface area contributed by atoms with Crippen LogP contribution in [0.5, 0.6) is 0 Å². The van der Waals surface area contributed by atoms with Gasteiger partial charge in [-0.05, 0) is 19.1 Å². The number of halogens is 5. The summed E-state index contributed by atoms with van der Waals surface area (Å²) >= 11 is 0. The lowest BCUT2D eigenvalue weighted by atomic mass is 10.0. The van der Waals surface area contributed by atoms with Gasteiger partial charge in [-0.15, -0.1) is 0 Å². The molecule has 6 nitrogen and oxygen atoms in total. The molecule has 138 valence electrons. The van der Waals surface area contributed by atoms with Crippen molar-refractivity contribution < 1.29 is 36.3 Å². The number of nitrogens with one attached hydrogen (secondary N) is 2. The van der Waals surface area contributed by atoms with Crippen molar-refractivity contribution in [1.82, 2.24) is 10.6 Å². The van der Waals surface area contributed by atoms with Gasteiger partial charge in [-0.25, -0.2) is 0 Å². The van der Waals surface area contributed by atoms with Gasteiger partial charge in [0.2, 0.25) is 11.8 Å². The summed E-state index contributed by atoms with van der Waals surface area (Å²) in [6, 6.07) is 1.78. The lowest BCUT2D eigenvalue weighted by molar-refractivity contribution is -0.289. The Kier molecular flexibility index (Phi) is 6.05. The number of carbonyl (C=O) groups excluding carboxylic acids is 3. The molecule has 25 heavy (non-hydrogen) atoms. The van der Waals surface area contributed by atoms with Crippen molar-refractivity contribution in [2.24, 2.45) is 5.73 Å². The molecule has 0 heterocycles. The molecule has 1 unspecified atom stereocenters. The molecule has 1 rings (SSSR count). The summed E-state index contributed by atoms with van der Waals surface area (Å²) in [6.07, 6.45) is -5.81. The van der Waals surface area contributed by atoms with Crippen molar-refractivity contribution in [2.45, 2.75) is 25.1 Å². The molecular formula is C14H14F5N3O3. The Hall–Kier alpha value is -2.72. The van der Waals surface area contributed by atoms with Crippen molar-refractivity contribution in [1.29, 1.82) is 0 Å². The lowest BCUT2D eigenvalue weighted by Gasteiger charge is -2.20. The van der Waals surface area contributed by atoms with Gasteiger partial charge in [0.05, 0.1) is 6.54 Å². The predicted molar refractivity (Wildman–Crippen MR) is 75.5 cm³/mol. The zero-order valence-electron chi connectivity index (χ0n) is 12.8. The van der Waals surface area contributed by atoms with Crippen molar-refractivity contribution in [2.75, 3.05) is 6.54 Å². The summed E-state index contributed by atoms with van der Waals surface area (Å²) in [5, 5.41) is 4.18. The van der Waals surface area contributed by atoms with E-state index >= 15 is 0 Å². The van der Waals surface area contributed by atoms with E-state index in [0.29, 0.717) is 12.1 Å². The molecule has 0 spiro atoms. The zero-order valence-corrected chi connectivity index (χ0v) is 12.8. The number of primary amides is 1. The molecule has 0 fully saturated rings. The highest BCUT2D eigenvalue weighted by Gasteiger charge is 2.58. The highest BCUT2D eigenvalue weighted by Crippen LogP contribution is 2.43. The topological polar surface area (TPSA) is 101 Å². The fourth-order valence-electron chi connectivity index (χ4n) is 1.65. The Morgan fingerprint density at radius 3 is 2.28 bits per heavy atom. The first-order chi connectivity index (χ1) is 11.4. The van der Waals surface area contributed by atoms with Crippen LogP contribution in [-0.2, 0) is 15.5 Å². The lowest BCUT2D eigenvalue weighted by Crippen LogP contribution is -2.46. The molecule has 0 aromatic heterocycles. The first-order valence-corrected chi connectivity index (χ1v) is 6.78. The van der Waals surface area contributed by atoms with E-state index in [1.807, 2.05) is 5.32 Å². The molecule has 1 atom stereocenters. The average molecular weight is 367 g/mol. The van der Waals surface area contributed by atoms with E-state index in [2.05, 4.69) is 5.32 Å². The largest absolute Gasteiger partial charge is 0.458 e. The van der Waals surface area contributed by atoms with Gasteiger partial charge < -0.3 is 16.4 Å². The van der Waals surface area contributed by atoms with Crippen molar-refractivity contribution in [3.63, 3.8) is 0 Å². The number of carbonyl (C=O) groups is 3. The van der Waals surface area contributed by atoms with Gasteiger partial charge >= 0.3 is 12.1 Å². The highest BCUT2D eigenvalue weighted by atomic mass is 19.4. The molecule has 0 bridgehead atoms. The number of hydrogen-bond acceptors (Lipinski definition) is 3. The fourth-order valence-corrected chi connectivity index (χ4v) is 1.65. The maximum absolute atomic E-state index is 13.3. The SMILES string of the molecule is CC(NC(=O)CNC(=O)c1cccc(C(F)(F)C(F)(F)F)c1)C(N)=O. The normalized spacial score (nSPS) is 13.0. The number of alkyl halides is 5. The minimum absolute atomic E-state index is 0.382. The second kappa shape index (κ2) is 7.45. The van der Waals surface area contributed by atoms with Gasteiger partial charge in [0.25, 0.3) is 5.91 Å². The van der Waals surface area contributed by atoms with Crippen LogP contribution < -0.4 is 16.4 Å². The van der Waals surface area contributed by atoms with E-state index in [-0.39, 0.29) is 0 Å². The molecule has 1 aromatic carbocycles. The van der Waals surface area contributed by atoms with Crippen LogP contribution in [0.1, 0.15) is 22.8 Å². The Bertz CT molecular complexity index is 676. The number of amides is 3. The molecule has 1 aromatic rings. The zero-order chi connectivity index (χ0) is 19.4. The first-order valence-electron chi connectivity index (χ1n) is 6.78. The second-order valence-corrected chi connectivity index (χ2v) is 5.03. The molecule has 11 heteroatoms. The molecule has 3 amide bonds. The predicted octanol–water partition coefficient (Wildman–Crippen LogP) is 1.06. The Morgan fingerprint density at radius 2 is 1.76 bits per heavy atom. The Labute approximate surface area is 138 Å². The van der Waals surface area contributed by atoms with Gasteiger partial charge in [0.1, 0.15) is 6.04 Å². The van der Waals surface area contributed by atoms with Gasteiger partial charge in [-0.1, -0.05) is 12.1 Å². The molecule has 0 radical (unpaired) electrons. The molecule has 4 N–H and O–H groups in total. The van der Waals surface area contributed by atoms with Crippen LogP contribution in [-0.4, -0.2) is 36.5 Å². The van der Waals surface area contributed by atoms with Crippen LogP contribution in [0.15, 0.2) is 24.3 Å². The van der Waals surface area contributed by atoms with Gasteiger partial charge in [0.15, 0.2) is 0 Å². The maximum Gasteiger partial charge on any atom is 0.458 e. The molecule has 0 aliphatic carbocycles. The number of nitrogens with two attached hydrogens (primary N) is 1. The smallest absolute Gasteiger partial charge is 0.368 e. The quantitative estimate of drug-likeness (QED) is 0.656. The van der Waals surface area contributed by atoms with Crippen LogP contribution in [0.2, 0.25) is 0 Å². The summed E-state index contributed by atoms with van der Waals surface area (Å²) in [6.45, 7) is 0.668. The van der Waals surface area contributed by atoms with Crippen LogP contribution >= 0.6 is 0 Å². The van der Waals surface area contributed by atoms with Gasteiger partial charge in [-0.3, -0.25) is 14.4 Å². The standard InChI is InChI=1S/C14H14F5N3O3/c1-7(11(20)24)22-10(23)6-21-12(25)8-3-2-4-9(5-8)13(15,16)14(17,18)19/h2-5,7H,6H2,1H3,(H2,20,24)(H,21,25)(H,22,23). The number of benzene rings is 1. The summed E-state index contributed by atoms with van der Waals surface area (Å²) in [5.41, 5.74) is 3.03. The van der Waals surface area contributed by atoms with Crippen molar-refractivity contribution in [3.8, 4) is 0 Å². The highest BCUT2D eigenvalue weighted by molar-refractivity contribution is 5.97. The van der Waals surface area contributed by atoms with Crippen LogP contribution in [0.4, 0.5) is 22.0 Å². The first kappa shape index (κ1) is 20.3. The van der Waals surface area contributed by atoms with Gasteiger partial charge in [-0.2, -0.15) is 22.0 Å². The summed E-state index contributed by atoms with van der Waals surface area (Å²) in [7, 11) is 0. The number of rotatable bonds is 6. The summed E-state index contributed by atoms with van der Waals surface area (Å²) < 4.78 is 63.6. The third kappa shape index (κ3) is 5.13. The van der Waals surface area contributed by atoms with Gasteiger partial charge in [0, 0.05) is 11.1 Å². The maximum atomic E-state index is 13.3. The molecule has 0 saturated heterocycles. The fraction of sp³-hybridized carbons (Fsp3) is 0.357. The Balaban J connectivity index is 2.79.